The lowest BCUT2D eigenvalue weighted by atomic mass is 9.81. The van der Waals surface area contributed by atoms with Crippen molar-refractivity contribution in [1.82, 2.24) is 15.1 Å². The normalized spacial score (nSPS) is 23.6. The molecular formula is C17H22BrN3O3. The Morgan fingerprint density at radius 2 is 1.96 bits per heavy atom. The van der Waals surface area contributed by atoms with E-state index < -0.39 is 0 Å². The zero-order valence-electron chi connectivity index (χ0n) is 13.6. The first-order valence-corrected chi connectivity index (χ1v) is 9.45. The second-order valence-corrected chi connectivity index (χ2v) is 7.48. The van der Waals surface area contributed by atoms with E-state index in [9.17, 15) is 0 Å². The summed E-state index contributed by atoms with van der Waals surface area (Å²) in [5, 5.41) is 8.23. The van der Waals surface area contributed by atoms with Gasteiger partial charge in [0.1, 0.15) is 0 Å². The summed E-state index contributed by atoms with van der Waals surface area (Å²) in [5.41, 5.74) is 0. The molecule has 7 heteroatoms. The molecule has 6 nitrogen and oxygen atoms in total. The Balaban J connectivity index is 1.30. The molecule has 0 bridgehead atoms. The summed E-state index contributed by atoms with van der Waals surface area (Å²) in [7, 11) is 0. The van der Waals surface area contributed by atoms with Gasteiger partial charge in [-0.3, -0.25) is 4.90 Å². The van der Waals surface area contributed by atoms with Crippen molar-refractivity contribution in [2.45, 2.75) is 32.2 Å². The summed E-state index contributed by atoms with van der Waals surface area (Å²) in [4.78, 5) is 2.40. The second-order valence-electron chi connectivity index (χ2n) is 6.70. The van der Waals surface area contributed by atoms with Gasteiger partial charge < -0.3 is 13.6 Å². The third-order valence-corrected chi connectivity index (χ3v) is 5.53. The molecule has 2 aromatic rings. The molecule has 24 heavy (non-hydrogen) atoms. The fourth-order valence-corrected chi connectivity index (χ4v) is 4.06. The number of hydrogen-bond acceptors (Lipinski definition) is 6. The Kier molecular flexibility index (Phi) is 5.01. The maximum atomic E-state index is 5.73. The molecule has 0 aromatic carbocycles. The van der Waals surface area contributed by atoms with Gasteiger partial charge in [0.05, 0.1) is 6.54 Å². The minimum atomic E-state index is 0.435. The van der Waals surface area contributed by atoms with E-state index in [4.69, 9.17) is 13.6 Å². The van der Waals surface area contributed by atoms with Crippen molar-refractivity contribution in [2.75, 3.05) is 26.3 Å². The number of likely N-dealkylation sites (tertiary alicyclic amines) is 1. The molecule has 0 amide bonds. The molecule has 0 saturated carbocycles. The summed E-state index contributed by atoms with van der Waals surface area (Å²) in [6.07, 6.45) is 5.02. The Bertz CT molecular complexity index is 658. The zero-order chi connectivity index (χ0) is 16.4. The lowest BCUT2D eigenvalue weighted by Crippen LogP contribution is -2.37. The minimum absolute atomic E-state index is 0.435. The van der Waals surface area contributed by atoms with Gasteiger partial charge in [-0.05, 0) is 78.7 Å². The van der Waals surface area contributed by atoms with Crippen LogP contribution in [0.3, 0.4) is 0 Å². The van der Waals surface area contributed by atoms with E-state index in [1.165, 1.54) is 25.7 Å². The molecule has 4 heterocycles. The van der Waals surface area contributed by atoms with E-state index in [1.807, 2.05) is 12.1 Å². The number of halogens is 1. The van der Waals surface area contributed by atoms with Crippen LogP contribution in [-0.4, -0.2) is 41.4 Å². The number of rotatable bonds is 4. The van der Waals surface area contributed by atoms with Crippen molar-refractivity contribution in [3.8, 4) is 11.7 Å². The van der Waals surface area contributed by atoms with Crippen LogP contribution in [0.1, 0.15) is 31.6 Å². The SMILES string of the molecule is Brc1ccc(-c2nnc(CN3CCC(C4CCCOC4)CC3)o2)o1. The predicted molar refractivity (Wildman–Crippen MR) is 91.2 cm³/mol. The van der Waals surface area contributed by atoms with Gasteiger partial charge in [0.2, 0.25) is 5.89 Å². The van der Waals surface area contributed by atoms with Crippen LogP contribution >= 0.6 is 15.9 Å². The monoisotopic (exact) mass is 395 g/mol. The zero-order valence-corrected chi connectivity index (χ0v) is 15.2. The van der Waals surface area contributed by atoms with Gasteiger partial charge in [-0.15, -0.1) is 10.2 Å². The van der Waals surface area contributed by atoms with E-state index in [1.54, 1.807) is 0 Å². The summed E-state index contributed by atoms with van der Waals surface area (Å²) >= 11 is 3.28. The van der Waals surface area contributed by atoms with Crippen molar-refractivity contribution in [3.63, 3.8) is 0 Å². The highest BCUT2D eigenvalue weighted by Gasteiger charge is 2.28. The molecule has 0 N–H and O–H groups in total. The fourth-order valence-electron chi connectivity index (χ4n) is 3.76. The van der Waals surface area contributed by atoms with Gasteiger partial charge in [0.15, 0.2) is 10.4 Å². The van der Waals surface area contributed by atoms with E-state index in [2.05, 4.69) is 31.0 Å². The molecule has 2 saturated heterocycles. The lowest BCUT2D eigenvalue weighted by molar-refractivity contribution is 0.0123. The van der Waals surface area contributed by atoms with Crippen molar-refractivity contribution in [2.24, 2.45) is 11.8 Å². The first-order valence-electron chi connectivity index (χ1n) is 8.66. The molecular weight excluding hydrogens is 374 g/mol. The summed E-state index contributed by atoms with van der Waals surface area (Å²) in [6.45, 7) is 4.79. The molecule has 0 spiro atoms. The number of furan rings is 1. The van der Waals surface area contributed by atoms with Crippen LogP contribution in [0.5, 0.6) is 0 Å². The highest BCUT2D eigenvalue weighted by Crippen LogP contribution is 2.31. The van der Waals surface area contributed by atoms with E-state index in [0.717, 1.165) is 38.1 Å². The number of ether oxygens (including phenoxy) is 1. The molecule has 0 radical (unpaired) electrons. The minimum Gasteiger partial charge on any atom is -0.444 e. The number of nitrogens with zero attached hydrogens (tertiary/aromatic N) is 3. The van der Waals surface area contributed by atoms with Crippen LogP contribution in [0.15, 0.2) is 25.6 Å². The molecule has 1 atom stereocenters. The van der Waals surface area contributed by atoms with Crippen molar-refractivity contribution < 1.29 is 13.6 Å². The average molecular weight is 396 g/mol. The second kappa shape index (κ2) is 7.37. The van der Waals surface area contributed by atoms with Gasteiger partial charge in [-0.1, -0.05) is 0 Å². The van der Waals surface area contributed by atoms with Crippen LogP contribution in [0.2, 0.25) is 0 Å². The predicted octanol–water partition coefficient (Wildman–Crippen LogP) is 3.73. The fraction of sp³-hybridized carbons (Fsp3) is 0.647. The average Bonchev–Trinajstić information content (AvgIpc) is 3.25. The Morgan fingerprint density at radius 1 is 1.08 bits per heavy atom. The third-order valence-electron chi connectivity index (χ3n) is 5.10. The van der Waals surface area contributed by atoms with E-state index in [0.29, 0.717) is 28.8 Å². The lowest BCUT2D eigenvalue weighted by Gasteiger charge is -2.37. The maximum Gasteiger partial charge on any atom is 0.283 e. The van der Waals surface area contributed by atoms with Gasteiger partial charge >= 0.3 is 0 Å². The van der Waals surface area contributed by atoms with Crippen LogP contribution in [0, 0.1) is 11.8 Å². The molecule has 130 valence electrons. The topological polar surface area (TPSA) is 64.5 Å². The molecule has 4 rings (SSSR count). The molecule has 2 aliphatic heterocycles. The van der Waals surface area contributed by atoms with Crippen LogP contribution in [0.4, 0.5) is 0 Å². The molecule has 2 aliphatic rings. The summed E-state index contributed by atoms with van der Waals surface area (Å²) < 4.78 is 17.5. The first kappa shape index (κ1) is 16.3. The van der Waals surface area contributed by atoms with Crippen molar-refractivity contribution in [1.29, 1.82) is 0 Å². The Labute approximate surface area is 149 Å². The number of aromatic nitrogens is 2. The molecule has 2 aromatic heterocycles. The van der Waals surface area contributed by atoms with Crippen LogP contribution in [0.25, 0.3) is 11.7 Å². The first-order chi connectivity index (χ1) is 11.8. The van der Waals surface area contributed by atoms with Crippen LogP contribution in [-0.2, 0) is 11.3 Å². The highest BCUT2D eigenvalue weighted by molar-refractivity contribution is 9.10. The van der Waals surface area contributed by atoms with Gasteiger partial charge in [-0.25, -0.2) is 0 Å². The Morgan fingerprint density at radius 3 is 2.67 bits per heavy atom. The standard InChI is InChI=1S/C17H22BrN3O3/c18-15-4-3-14(23-15)17-20-19-16(24-17)10-21-7-5-12(6-8-21)13-2-1-9-22-11-13/h3-4,12-13H,1-2,5-11H2. The third kappa shape index (κ3) is 3.73. The number of piperidine rings is 1. The largest absolute Gasteiger partial charge is 0.444 e. The van der Waals surface area contributed by atoms with Gasteiger partial charge in [0.25, 0.3) is 5.89 Å². The van der Waals surface area contributed by atoms with Crippen molar-refractivity contribution >= 4 is 15.9 Å². The summed E-state index contributed by atoms with van der Waals surface area (Å²) in [5.74, 6) is 3.24. The molecule has 2 fully saturated rings. The maximum absolute atomic E-state index is 5.73. The van der Waals surface area contributed by atoms with Crippen molar-refractivity contribution in [3.05, 3.63) is 22.7 Å². The smallest absolute Gasteiger partial charge is 0.283 e. The highest BCUT2D eigenvalue weighted by atomic mass is 79.9. The van der Waals surface area contributed by atoms with E-state index >= 15 is 0 Å². The van der Waals surface area contributed by atoms with Gasteiger partial charge in [0, 0.05) is 13.2 Å². The molecule has 0 aliphatic carbocycles. The quantitative estimate of drug-likeness (QED) is 0.785. The van der Waals surface area contributed by atoms with Crippen LogP contribution < -0.4 is 0 Å². The van der Waals surface area contributed by atoms with Gasteiger partial charge in [-0.2, -0.15) is 0 Å². The molecule has 1 unspecified atom stereocenters. The van der Waals surface area contributed by atoms with E-state index in [-0.39, 0.29) is 0 Å². The Hall–Kier alpha value is -1.18. The summed E-state index contributed by atoms with van der Waals surface area (Å²) in [6, 6.07) is 3.64. The number of hydrogen-bond donors (Lipinski definition) is 0.